The Kier molecular flexibility index (Phi) is 5.10. The van der Waals surface area contributed by atoms with Gasteiger partial charge in [0.2, 0.25) is 0 Å². The summed E-state index contributed by atoms with van der Waals surface area (Å²) in [5, 5.41) is 0.593. The number of rotatable bonds is 6. The molecule has 0 spiro atoms. The molecule has 0 atom stereocenters. The highest BCUT2D eigenvalue weighted by Crippen LogP contribution is 2.31. The lowest BCUT2D eigenvalue weighted by Crippen LogP contribution is -2.13. The van der Waals surface area contributed by atoms with Crippen molar-refractivity contribution in [2.24, 2.45) is 0 Å². The van der Waals surface area contributed by atoms with E-state index in [4.69, 9.17) is 20.8 Å². The molecule has 0 N–H and O–H groups in total. The van der Waals surface area contributed by atoms with E-state index in [1.54, 1.807) is 7.11 Å². The van der Waals surface area contributed by atoms with Crippen LogP contribution in [0.4, 0.5) is 0 Å². The Balaban J connectivity index is 2.06. The number of hydrogen-bond donors (Lipinski definition) is 0. The summed E-state index contributed by atoms with van der Waals surface area (Å²) in [6, 6.07) is 9.69. The van der Waals surface area contributed by atoms with Gasteiger partial charge in [0, 0.05) is 12.0 Å². The predicted molar refractivity (Wildman–Crippen MR) is 82.6 cm³/mol. The highest BCUT2D eigenvalue weighted by atomic mass is 35.5. The average Bonchev–Trinajstić information content (AvgIpc) is 2.87. The molecule has 0 fully saturated rings. The van der Waals surface area contributed by atoms with Crippen LogP contribution in [-0.4, -0.2) is 32.6 Å². The molecular formula is C16H20ClNO2. The zero-order chi connectivity index (χ0) is 14.5. The summed E-state index contributed by atoms with van der Waals surface area (Å²) in [4.78, 5) is 2.17. The maximum atomic E-state index is 6.13. The van der Waals surface area contributed by atoms with Crippen LogP contribution in [0.2, 0.25) is 5.02 Å². The van der Waals surface area contributed by atoms with E-state index in [0.717, 1.165) is 36.5 Å². The van der Waals surface area contributed by atoms with E-state index in [1.165, 1.54) is 0 Å². The highest BCUT2D eigenvalue weighted by Gasteiger charge is 2.08. The van der Waals surface area contributed by atoms with Crippen LogP contribution in [0.15, 0.2) is 34.7 Å². The second-order valence-electron chi connectivity index (χ2n) is 5.02. The van der Waals surface area contributed by atoms with Gasteiger partial charge < -0.3 is 14.1 Å². The molecule has 1 heterocycles. The van der Waals surface area contributed by atoms with Crippen molar-refractivity contribution in [3.05, 3.63) is 41.1 Å². The third kappa shape index (κ3) is 3.78. The standard InChI is InChI=1S/C16H20ClNO2/c1-18(2)10-4-5-13-7-9-15(20-13)12-6-8-16(19-3)14(17)11-12/h6-9,11H,4-5,10H2,1-3H3. The van der Waals surface area contributed by atoms with E-state index >= 15 is 0 Å². The number of ether oxygens (including phenoxy) is 1. The average molecular weight is 294 g/mol. The van der Waals surface area contributed by atoms with Crippen LogP contribution in [0.5, 0.6) is 5.75 Å². The van der Waals surface area contributed by atoms with Crippen molar-refractivity contribution >= 4 is 11.6 Å². The van der Waals surface area contributed by atoms with E-state index < -0.39 is 0 Å². The summed E-state index contributed by atoms with van der Waals surface area (Å²) in [5.41, 5.74) is 0.967. The lowest BCUT2D eigenvalue weighted by molar-refractivity contribution is 0.390. The van der Waals surface area contributed by atoms with Gasteiger partial charge in [0.05, 0.1) is 12.1 Å². The molecule has 0 saturated heterocycles. The minimum absolute atomic E-state index is 0.593. The number of halogens is 1. The van der Waals surface area contributed by atoms with Gasteiger partial charge in [0.15, 0.2) is 0 Å². The van der Waals surface area contributed by atoms with E-state index in [0.29, 0.717) is 10.8 Å². The molecule has 0 bridgehead atoms. The van der Waals surface area contributed by atoms with Crippen LogP contribution in [0.25, 0.3) is 11.3 Å². The van der Waals surface area contributed by atoms with E-state index in [2.05, 4.69) is 19.0 Å². The van der Waals surface area contributed by atoms with Gasteiger partial charge in [-0.1, -0.05) is 11.6 Å². The highest BCUT2D eigenvalue weighted by molar-refractivity contribution is 6.32. The molecule has 0 aliphatic rings. The molecule has 0 aliphatic heterocycles. The Labute approximate surface area is 125 Å². The van der Waals surface area contributed by atoms with Gasteiger partial charge in [-0.2, -0.15) is 0 Å². The second kappa shape index (κ2) is 6.82. The molecule has 0 radical (unpaired) electrons. The first-order valence-corrected chi connectivity index (χ1v) is 7.05. The molecule has 0 amide bonds. The van der Waals surface area contributed by atoms with Gasteiger partial charge in [-0.05, 0) is 57.4 Å². The van der Waals surface area contributed by atoms with Crippen LogP contribution in [0.3, 0.4) is 0 Å². The molecule has 0 saturated carbocycles. The van der Waals surface area contributed by atoms with Crippen molar-refractivity contribution in [3.8, 4) is 17.1 Å². The summed E-state index contributed by atoms with van der Waals surface area (Å²) in [7, 11) is 5.76. The number of methoxy groups -OCH3 is 1. The van der Waals surface area contributed by atoms with Gasteiger partial charge in [0.1, 0.15) is 17.3 Å². The lowest BCUT2D eigenvalue weighted by Gasteiger charge is -2.07. The van der Waals surface area contributed by atoms with Gasteiger partial charge in [-0.25, -0.2) is 0 Å². The van der Waals surface area contributed by atoms with Crippen molar-refractivity contribution in [2.45, 2.75) is 12.8 Å². The van der Waals surface area contributed by atoms with Crippen molar-refractivity contribution < 1.29 is 9.15 Å². The van der Waals surface area contributed by atoms with E-state index in [-0.39, 0.29) is 0 Å². The molecule has 2 aromatic rings. The first kappa shape index (κ1) is 14.9. The minimum atomic E-state index is 0.593. The maximum Gasteiger partial charge on any atom is 0.137 e. The van der Waals surface area contributed by atoms with Crippen LogP contribution < -0.4 is 4.74 Å². The third-order valence-electron chi connectivity index (χ3n) is 3.13. The summed E-state index contributed by atoms with van der Waals surface area (Å²) < 4.78 is 11.0. The summed E-state index contributed by atoms with van der Waals surface area (Å²) in [6.07, 6.45) is 2.03. The molecule has 4 heteroatoms. The van der Waals surface area contributed by atoms with Crippen LogP contribution in [0, 0.1) is 0 Å². The van der Waals surface area contributed by atoms with E-state index in [1.807, 2.05) is 30.3 Å². The molecule has 20 heavy (non-hydrogen) atoms. The smallest absolute Gasteiger partial charge is 0.137 e. The fourth-order valence-corrected chi connectivity index (χ4v) is 2.31. The Morgan fingerprint density at radius 3 is 2.65 bits per heavy atom. The number of nitrogens with zero attached hydrogens (tertiary/aromatic N) is 1. The zero-order valence-electron chi connectivity index (χ0n) is 12.1. The first-order valence-electron chi connectivity index (χ1n) is 6.67. The molecule has 2 rings (SSSR count). The Hall–Kier alpha value is -1.45. The topological polar surface area (TPSA) is 25.6 Å². The monoisotopic (exact) mass is 293 g/mol. The second-order valence-corrected chi connectivity index (χ2v) is 5.43. The molecule has 1 aromatic heterocycles. The largest absolute Gasteiger partial charge is 0.495 e. The van der Waals surface area contributed by atoms with Gasteiger partial charge in [0.25, 0.3) is 0 Å². The molecule has 0 unspecified atom stereocenters. The molecule has 3 nitrogen and oxygen atoms in total. The third-order valence-corrected chi connectivity index (χ3v) is 3.42. The van der Waals surface area contributed by atoms with Crippen molar-refractivity contribution in [1.29, 1.82) is 0 Å². The first-order chi connectivity index (χ1) is 9.60. The number of furan rings is 1. The SMILES string of the molecule is COc1ccc(-c2ccc(CCCN(C)C)o2)cc1Cl. The van der Waals surface area contributed by atoms with Crippen LogP contribution in [0.1, 0.15) is 12.2 Å². The predicted octanol–water partition coefficient (Wildman–Crippen LogP) is 4.10. The molecular weight excluding hydrogens is 274 g/mol. The van der Waals surface area contributed by atoms with Gasteiger partial charge in [-0.3, -0.25) is 0 Å². The normalized spacial score (nSPS) is 11.1. The zero-order valence-corrected chi connectivity index (χ0v) is 12.9. The minimum Gasteiger partial charge on any atom is -0.495 e. The number of benzene rings is 1. The summed E-state index contributed by atoms with van der Waals surface area (Å²) >= 11 is 6.13. The van der Waals surface area contributed by atoms with E-state index in [9.17, 15) is 0 Å². The van der Waals surface area contributed by atoms with Crippen molar-refractivity contribution in [3.63, 3.8) is 0 Å². The van der Waals surface area contributed by atoms with Gasteiger partial charge in [-0.15, -0.1) is 0 Å². The van der Waals surface area contributed by atoms with Crippen molar-refractivity contribution in [2.75, 3.05) is 27.7 Å². The number of hydrogen-bond acceptors (Lipinski definition) is 3. The fraction of sp³-hybridized carbons (Fsp3) is 0.375. The maximum absolute atomic E-state index is 6.13. The Bertz CT molecular complexity index is 563. The molecule has 108 valence electrons. The molecule has 1 aromatic carbocycles. The fourth-order valence-electron chi connectivity index (χ4n) is 2.06. The molecule has 0 aliphatic carbocycles. The van der Waals surface area contributed by atoms with Gasteiger partial charge >= 0.3 is 0 Å². The van der Waals surface area contributed by atoms with Crippen LogP contribution >= 0.6 is 11.6 Å². The quantitative estimate of drug-likeness (QED) is 0.802. The van der Waals surface area contributed by atoms with Crippen molar-refractivity contribution in [1.82, 2.24) is 4.90 Å². The summed E-state index contributed by atoms with van der Waals surface area (Å²) in [5.74, 6) is 2.52. The van der Waals surface area contributed by atoms with Crippen LogP contribution in [-0.2, 0) is 6.42 Å². The summed E-state index contributed by atoms with van der Waals surface area (Å²) in [6.45, 7) is 1.06. The number of aryl methyl sites for hydroxylation is 1. The Morgan fingerprint density at radius 1 is 1.20 bits per heavy atom. The lowest BCUT2D eigenvalue weighted by atomic mass is 10.1. The Morgan fingerprint density at radius 2 is 2.00 bits per heavy atom.